The van der Waals surface area contributed by atoms with Gasteiger partial charge in [0.2, 0.25) is 0 Å². The Balaban J connectivity index is 2.16. The van der Waals surface area contributed by atoms with Crippen LogP contribution in [-0.4, -0.2) is 60.9 Å². The third kappa shape index (κ3) is 30.2. The molecule has 0 atom stereocenters. The lowest BCUT2D eigenvalue weighted by Gasteiger charge is -2.24. The number of rotatable bonds is 41. The minimum atomic E-state index is -0.0175. The van der Waals surface area contributed by atoms with Crippen molar-refractivity contribution in [1.29, 1.82) is 0 Å². The molecule has 6 nitrogen and oxygen atoms in total. The monoisotopic (exact) mass is 736 g/mol. The molecule has 0 aliphatic heterocycles. The molecule has 308 valence electrons. The van der Waals surface area contributed by atoms with Crippen LogP contribution in [0.3, 0.4) is 0 Å². The van der Waals surface area contributed by atoms with E-state index in [9.17, 15) is 14.7 Å². The summed E-state index contributed by atoms with van der Waals surface area (Å²) < 4.78 is 11.5. The van der Waals surface area contributed by atoms with E-state index < -0.39 is 0 Å². The number of aliphatic hydroxyl groups excluding tert-OH is 1. The molecule has 0 heterocycles. The molecule has 1 N–H and O–H groups in total. The summed E-state index contributed by atoms with van der Waals surface area (Å²) in [6, 6.07) is 0. The molecular formula is C46H89NO5. The Bertz CT molecular complexity index is 784. The number of esters is 2. The molecular weight excluding hydrogens is 647 g/mol. The van der Waals surface area contributed by atoms with Gasteiger partial charge in [0, 0.05) is 19.4 Å². The first-order valence-corrected chi connectivity index (χ1v) is 23.2. The fraction of sp³-hybridized carbons (Fsp3) is 0.957. The normalized spacial score (nSPS) is 13.7. The van der Waals surface area contributed by atoms with Crippen LogP contribution >= 0.6 is 0 Å². The van der Waals surface area contributed by atoms with Crippen LogP contribution in [0.1, 0.15) is 239 Å². The number of aliphatic hydroxyl groups is 1. The zero-order valence-corrected chi connectivity index (χ0v) is 35.2. The minimum Gasteiger partial charge on any atom is -0.466 e. The summed E-state index contributed by atoms with van der Waals surface area (Å²) in [4.78, 5) is 27.3. The Kier molecular flexibility index (Phi) is 33.4. The molecule has 1 rings (SSSR count). The van der Waals surface area contributed by atoms with Crippen molar-refractivity contribution in [2.75, 3.05) is 32.8 Å². The van der Waals surface area contributed by atoms with Gasteiger partial charge in [0.15, 0.2) is 0 Å². The summed E-state index contributed by atoms with van der Waals surface area (Å²) in [5, 5.41) is 9.68. The van der Waals surface area contributed by atoms with Crippen molar-refractivity contribution < 1.29 is 24.2 Å². The summed E-state index contributed by atoms with van der Waals surface area (Å²) in [7, 11) is 0. The molecule has 0 aromatic rings. The topological polar surface area (TPSA) is 76.1 Å². The van der Waals surface area contributed by atoms with Crippen LogP contribution < -0.4 is 0 Å². The quantitative estimate of drug-likeness (QED) is 0.0498. The van der Waals surface area contributed by atoms with Gasteiger partial charge in [-0.05, 0) is 95.6 Å². The van der Waals surface area contributed by atoms with E-state index in [0.29, 0.717) is 24.9 Å². The van der Waals surface area contributed by atoms with E-state index in [0.717, 1.165) is 77.4 Å². The average Bonchev–Trinajstić information content (AvgIpc) is 3.92. The Hall–Kier alpha value is -1.14. The number of hydrogen-bond acceptors (Lipinski definition) is 6. The molecule has 0 aromatic heterocycles. The smallest absolute Gasteiger partial charge is 0.306 e. The molecule has 0 radical (unpaired) electrons. The minimum absolute atomic E-state index is 0.0174. The average molecular weight is 736 g/mol. The van der Waals surface area contributed by atoms with Gasteiger partial charge in [0.25, 0.3) is 0 Å². The van der Waals surface area contributed by atoms with Gasteiger partial charge in [-0.25, -0.2) is 0 Å². The highest BCUT2D eigenvalue weighted by Gasteiger charge is 2.41. The number of ether oxygens (including phenoxy) is 2. The molecule has 6 heteroatoms. The second kappa shape index (κ2) is 35.6. The van der Waals surface area contributed by atoms with Crippen molar-refractivity contribution in [2.45, 2.75) is 245 Å². The van der Waals surface area contributed by atoms with Gasteiger partial charge in [-0.1, -0.05) is 149 Å². The highest BCUT2D eigenvalue weighted by molar-refractivity contribution is 5.69. The number of carbonyl (C=O) groups is 2. The SMILES string of the molecule is CCCCCCCCCOC(=O)CCCCC1(CCN(CCO)CCCCCCCC(=O)OC(CCCCCCCC)CCCCCCCC)CC1. The third-order valence-corrected chi connectivity index (χ3v) is 11.6. The standard InChI is InChI=1S/C46H89NO5/c1-4-7-10-13-16-22-29-42-51-44(49)32-26-27-34-46(35-36-46)37-39-47(40-41-48)38-28-21-17-20-25-33-45(50)52-43(30-23-18-14-11-8-5-2)31-24-19-15-12-9-6-3/h43,48H,4-42H2,1-3H3. The number of unbranched alkanes of at least 4 members (excludes halogenated alkanes) is 21. The van der Waals surface area contributed by atoms with Crippen LogP contribution in [0.15, 0.2) is 0 Å². The van der Waals surface area contributed by atoms with Crippen molar-refractivity contribution in [2.24, 2.45) is 5.41 Å². The first-order valence-electron chi connectivity index (χ1n) is 23.2. The van der Waals surface area contributed by atoms with Crippen LogP contribution in [-0.2, 0) is 19.1 Å². The predicted octanol–water partition coefficient (Wildman–Crippen LogP) is 13.1. The fourth-order valence-corrected chi connectivity index (χ4v) is 7.71. The molecule has 52 heavy (non-hydrogen) atoms. The second-order valence-electron chi connectivity index (χ2n) is 16.6. The van der Waals surface area contributed by atoms with Crippen LogP contribution in [0.25, 0.3) is 0 Å². The molecule has 0 aromatic carbocycles. The van der Waals surface area contributed by atoms with Gasteiger partial charge in [-0.3, -0.25) is 9.59 Å². The van der Waals surface area contributed by atoms with E-state index in [-0.39, 0.29) is 24.6 Å². The van der Waals surface area contributed by atoms with E-state index in [1.807, 2.05) is 0 Å². The zero-order valence-electron chi connectivity index (χ0n) is 35.2. The van der Waals surface area contributed by atoms with Crippen molar-refractivity contribution >= 4 is 11.9 Å². The van der Waals surface area contributed by atoms with Gasteiger partial charge >= 0.3 is 11.9 Å². The number of carbonyl (C=O) groups excluding carboxylic acids is 2. The highest BCUT2D eigenvalue weighted by Crippen LogP contribution is 2.53. The molecule has 1 fully saturated rings. The van der Waals surface area contributed by atoms with Crippen LogP contribution in [0, 0.1) is 5.41 Å². The van der Waals surface area contributed by atoms with Gasteiger partial charge in [0.1, 0.15) is 6.10 Å². The lowest BCUT2D eigenvalue weighted by atomic mass is 9.94. The van der Waals surface area contributed by atoms with Gasteiger partial charge in [-0.15, -0.1) is 0 Å². The zero-order chi connectivity index (χ0) is 37.8. The maximum atomic E-state index is 12.7. The molecule has 0 saturated heterocycles. The van der Waals surface area contributed by atoms with Crippen molar-refractivity contribution in [3.05, 3.63) is 0 Å². The Morgan fingerprint density at radius 2 is 1.02 bits per heavy atom. The summed E-state index contributed by atoms with van der Waals surface area (Å²) in [6.45, 7) is 10.4. The van der Waals surface area contributed by atoms with E-state index in [4.69, 9.17) is 9.47 Å². The Labute approximate surface area is 323 Å². The van der Waals surface area contributed by atoms with Gasteiger partial charge in [-0.2, -0.15) is 0 Å². The molecule has 1 aliphatic rings. The molecule has 0 unspecified atom stereocenters. The maximum Gasteiger partial charge on any atom is 0.306 e. The van der Waals surface area contributed by atoms with Gasteiger partial charge in [0.05, 0.1) is 13.2 Å². The highest BCUT2D eigenvalue weighted by atomic mass is 16.5. The number of hydrogen-bond donors (Lipinski definition) is 1. The predicted molar refractivity (Wildman–Crippen MR) is 221 cm³/mol. The second-order valence-corrected chi connectivity index (χ2v) is 16.6. The van der Waals surface area contributed by atoms with Crippen LogP contribution in [0.2, 0.25) is 0 Å². The van der Waals surface area contributed by atoms with Crippen molar-refractivity contribution in [1.82, 2.24) is 4.90 Å². The van der Waals surface area contributed by atoms with E-state index in [1.165, 1.54) is 148 Å². The summed E-state index contributed by atoms with van der Waals surface area (Å²) in [6.07, 6.45) is 40.0. The molecule has 1 saturated carbocycles. The lowest BCUT2D eigenvalue weighted by molar-refractivity contribution is -0.150. The van der Waals surface area contributed by atoms with E-state index in [2.05, 4.69) is 25.7 Å². The van der Waals surface area contributed by atoms with Crippen molar-refractivity contribution in [3.8, 4) is 0 Å². The van der Waals surface area contributed by atoms with Crippen molar-refractivity contribution in [3.63, 3.8) is 0 Å². The van der Waals surface area contributed by atoms with E-state index >= 15 is 0 Å². The Morgan fingerprint density at radius 3 is 1.58 bits per heavy atom. The fourth-order valence-electron chi connectivity index (χ4n) is 7.71. The molecule has 0 spiro atoms. The largest absolute Gasteiger partial charge is 0.466 e. The van der Waals surface area contributed by atoms with Gasteiger partial charge < -0.3 is 19.5 Å². The summed E-state index contributed by atoms with van der Waals surface area (Å²) >= 11 is 0. The lowest BCUT2D eigenvalue weighted by Crippen LogP contribution is -2.30. The Morgan fingerprint density at radius 1 is 0.538 bits per heavy atom. The number of nitrogens with zero attached hydrogens (tertiary/aromatic N) is 1. The molecule has 0 bridgehead atoms. The third-order valence-electron chi connectivity index (χ3n) is 11.6. The summed E-state index contributed by atoms with van der Waals surface area (Å²) in [5.41, 5.74) is 0.465. The first-order chi connectivity index (χ1) is 25.5. The molecule has 1 aliphatic carbocycles. The van der Waals surface area contributed by atoms with E-state index in [1.54, 1.807) is 0 Å². The maximum absolute atomic E-state index is 12.7. The van der Waals surface area contributed by atoms with Crippen LogP contribution in [0.5, 0.6) is 0 Å². The summed E-state index contributed by atoms with van der Waals surface area (Å²) in [5.74, 6) is -0.0000411. The van der Waals surface area contributed by atoms with Crippen LogP contribution in [0.4, 0.5) is 0 Å². The molecule has 0 amide bonds. The first kappa shape index (κ1) is 48.9.